The first-order chi connectivity index (χ1) is 14.4. The molecule has 1 aliphatic rings. The smallest absolute Gasteiger partial charge is 0.306 e. The fourth-order valence-electron chi connectivity index (χ4n) is 3.72. The van der Waals surface area contributed by atoms with Gasteiger partial charge in [0.05, 0.1) is 22.7 Å². The molecular weight excluding hydrogens is 410 g/mol. The van der Waals surface area contributed by atoms with Crippen LogP contribution < -0.4 is 10.5 Å². The highest BCUT2D eigenvalue weighted by Crippen LogP contribution is 2.36. The number of fused-ring (bicyclic) bond motifs is 1. The predicted octanol–water partition coefficient (Wildman–Crippen LogP) is 4.86. The molecule has 1 aromatic heterocycles. The van der Waals surface area contributed by atoms with Crippen molar-refractivity contribution >= 4 is 40.5 Å². The summed E-state index contributed by atoms with van der Waals surface area (Å²) in [6.07, 6.45) is 4.37. The van der Waals surface area contributed by atoms with Crippen LogP contribution in [0.25, 0.3) is 22.0 Å². The Morgan fingerprint density at radius 2 is 2.07 bits per heavy atom. The molecule has 4 rings (SSSR count). The van der Waals surface area contributed by atoms with E-state index >= 15 is 4.39 Å². The Kier molecular flexibility index (Phi) is 5.72. The predicted molar refractivity (Wildman–Crippen MR) is 114 cm³/mol. The quantitative estimate of drug-likeness (QED) is 0.497. The zero-order valence-electron chi connectivity index (χ0n) is 15.9. The van der Waals surface area contributed by atoms with Crippen LogP contribution in [0.3, 0.4) is 0 Å². The van der Waals surface area contributed by atoms with Gasteiger partial charge in [-0.05, 0) is 61.0 Å². The molecule has 4 N–H and O–H groups in total. The van der Waals surface area contributed by atoms with Gasteiger partial charge in [-0.25, -0.2) is 18.7 Å². The second kappa shape index (κ2) is 8.43. The van der Waals surface area contributed by atoms with Gasteiger partial charge in [-0.2, -0.15) is 0 Å². The van der Waals surface area contributed by atoms with Crippen LogP contribution >= 0.6 is 11.9 Å². The molecule has 1 saturated carbocycles. The number of aliphatic carboxylic acids is 1. The SMILES string of the molecule is Nc1ncc2cc(-c3c(F)ccc(NSC4CCCC(C(=O)O)C4)c3F)ccc2n1. The van der Waals surface area contributed by atoms with Crippen molar-refractivity contribution in [3.63, 3.8) is 0 Å². The van der Waals surface area contributed by atoms with Crippen molar-refractivity contribution in [2.75, 3.05) is 10.5 Å². The molecule has 0 saturated heterocycles. The van der Waals surface area contributed by atoms with Crippen LogP contribution in [-0.4, -0.2) is 26.3 Å². The van der Waals surface area contributed by atoms with E-state index in [-0.39, 0.29) is 28.4 Å². The van der Waals surface area contributed by atoms with E-state index in [2.05, 4.69) is 14.7 Å². The van der Waals surface area contributed by atoms with Crippen LogP contribution in [0.1, 0.15) is 25.7 Å². The van der Waals surface area contributed by atoms with Crippen LogP contribution in [0.2, 0.25) is 0 Å². The Labute approximate surface area is 176 Å². The molecule has 0 amide bonds. The number of hydrogen-bond donors (Lipinski definition) is 3. The van der Waals surface area contributed by atoms with Crippen molar-refractivity contribution in [3.8, 4) is 11.1 Å². The van der Waals surface area contributed by atoms with Crippen molar-refractivity contribution in [3.05, 3.63) is 48.2 Å². The topological polar surface area (TPSA) is 101 Å². The maximum absolute atomic E-state index is 15.2. The number of nitrogens with zero attached hydrogens (tertiary/aromatic N) is 2. The van der Waals surface area contributed by atoms with E-state index in [1.807, 2.05) is 0 Å². The minimum atomic E-state index is -0.794. The lowest BCUT2D eigenvalue weighted by molar-refractivity contribution is -0.142. The van der Waals surface area contributed by atoms with Crippen LogP contribution in [0.4, 0.5) is 20.4 Å². The fraction of sp³-hybridized carbons (Fsp3) is 0.286. The van der Waals surface area contributed by atoms with Crippen molar-refractivity contribution in [1.82, 2.24) is 9.97 Å². The van der Waals surface area contributed by atoms with E-state index in [9.17, 15) is 14.3 Å². The summed E-state index contributed by atoms with van der Waals surface area (Å²) >= 11 is 1.29. The number of nitrogens with one attached hydrogen (secondary N) is 1. The molecule has 0 aliphatic heterocycles. The molecule has 0 spiro atoms. The Balaban J connectivity index is 1.58. The summed E-state index contributed by atoms with van der Waals surface area (Å²) in [5, 5.41) is 9.89. The summed E-state index contributed by atoms with van der Waals surface area (Å²) < 4.78 is 32.7. The largest absolute Gasteiger partial charge is 0.481 e. The van der Waals surface area contributed by atoms with Crippen LogP contribution in [0, 0.1) is 17.6 Å². The number of nitrogen functional groups attached to an aromatic ring is 1. The molecule has 2 aromatic carbocycles. The maximum atomic E-state index is 15.2. The van der Waals surface area contributed by atoms with Crippen molar-refractivity contribution < 1.29 is 18.7 Å². The third-order valence-electron chi connectivity index (χ3n) is 5.29. The molecule has 1 heterocycles. The Morgan fingerprint density at radius 3 is 2.87 bits per heavy atom. The highest BCUT2D eigenvalue weighted by Gasteiger charge is 2.28. The fourth-order valence-corrected chi connectivity index (χ4v) is 4.79. The number of anilines is 2. The lowest BCUT2D eigenvalue weighted by Gasteiger charge is -2.26. The number of benzene rings is 2. The van der Waals surface area contributed by atoms with Gasteiger partial charge in [0.2, 0.25) is 5.95 Å². The van der Waals surface area contributed by atoms with E-state index in [0.29, 0.717) is 29.3 Å². The molecular formula is C21H20F2N4O2S. The van der Waals surface area contributed by atoms with E-state index in [4.69, 9.17) is 5.73 Å². The standard InChI is InChI=1S/C21H20F2N4O2S/c22-15-5-7-17(27-30-14-3-1-2-12(9-14)20(28)29)19(23)18(15)11-4-6-16-13(8-11)10-25-21(24)26-16/h4-8,10,12,14,27H,1-3,9H2,(H,28,29)(H2,24,25,26). The van der Waals surface area contributed by atoms with Crippen LogP contribution in [-0.2, 0) is 4.79 Å². The van der Waals surface area contributed by atoms with Crippen molar-refractivity contribution in [1.29, 1.82) is 0 Å². The maximum Gasteiger partial charge on any atom is 0.306 e. The second-order valence-electron chi connectivity index (χ2n) is 7.33. The number of aromatic nitrogens is 2. The normalized spacial score (nSPS) is 19.0. The molecule has 3 aromatic rings. The first-order valence-corrected chi connectivity index (χ1v) is 10.5. The third-order valence-corrected chi connectivity index (χ3v) is 6.39. The number of carboxylic acids is 1. The molecule has 0 radical (unpaired) electrons. The van der Waals surface area contributed by atoms with Gasteiger partial charge in [-0.3, -0.25) is 4.79 Å². The zero-order chi connectivity index (χ0) is 21.3. The number of nitrogens with two attached hydrogens (primary N) is 1. The Hall–Kier alpha value is -2.94. The first kappa shape index (κ1) is 20.3. The van der Waals surface area contributed by atoms with Gasteiger partial charge in [-0.15, -0.1) is 0 Å². The molecule has 30 heavy (non-hydrogen) atoms. The average Bonchev–Trinajstić information content (AvgIpc) is 2.73. The lowest BCUT2D eigenvalue weighted by Crippen LogP contribution is -2.24. The number of hydrogen-bond acceptors (Lipinski definition) is 6. The number of rotatable bonds is 5. The molecule has 156 valence electrons. The number of carbonyl (C=O) groups is 1. The first-order valence-electron chi connectivity index (χ1n) is 9.57. The number of halogens is 2. The van der Waals surface area contributed by atoms with Crippen molar-refractivity contribution in [2.24, 2.45) is 5.92 Å². The molecule has 6 nitrogen and oxygen atoms in total. The van der Waals surface area contributed by atoms with Gasteiger partial charge in [0, 0.05) is 16.8 Å². The van der Waals surface area contributed by atoms with Crippen molar-refractivity contribution in [2.45, 2.75) is 30.9 Å². The van der Waals surface area contributed by atoms with E-state index < -0.39 is 17.6 Å². The van der Waals surface area contributed by atoms with E-state index in [1.165, 1.54) is 30.3 Å². The molecule has 2 atom stereocenters. The molecule has 1 aliphatic carbocycles. The minimum Gasteiger partial charge on any atom is -0.481 e. The summed E-state index contributed by atoms with van der Waals surface area (Å²) in [6, 6.07) is 7.41. The van der Waals surface area contributed by atoms with Gasteiger partial charge in [0.15, 0.2) is 5.82 Å². The number of carboxylic acid groups (broad SMARTS) is 1. The highest BCUT2D eigenvalue weighted by molar-refractivity contribution is 8.01. The van der Waals surface area contributed by atoms with Crippen LogP contribution in [0.15, 0.2) is 36.5 Å². The molecule has 1 fully saturated rings. The molecule has 2 unspecified atom stereocenters. The highest BCUT2D eigenvalue weighted by atomic mass is 32.2. The zero-order valence-corrected chi connectivity index (χ0v) is 16.8. The van der Waals surface area contributed by atoms with Gasteiger partial charge in [-0.1, -0.05) is 12.5 Å². The Bertz CT molecular complexity index is 1110. The summed E-state index contributed by atoms with van der Waals surface area (Å²) in [5.41, 5.74) is 6.53. The summed E-state index contributed by atoms with van der Waals surface area (Å²) in [6.45, 7) is 0. The summed E-state index contributed by atoms with van der Waals surface area (Å²) in [7, 11) is 0. The monoisotopic (exact) mass is 430 g/mol. The van der Waals surface area contributed by atoms with E-state index in [1.54, 1.807) is 18.2 Å². The summed E-state index contributed by atoms with van der Waals surface area (Å²) in [5.74, 6) is -2.42. The Morgan fingerprint density at radius 1 is 1.23 bits per heavy atom. The van der Waals surface area contributed by atoms with Gasteiger partial charge >= 0.3 is 5.97 Å². The molecule has 0 bridgehead atoms. The second-order valence-corrected chi connectivity index (χ2v) is 8.44. The third kappa shape index (κ3) is 4.16. The van der Waals surface area contributed by atoms with Gasteiger partial charge in [0.1, 0.15) is 5.82 Å². The van der Waals surface area contributed by atoms with Gasteiger partial charge < -0.3 is 15.6 Å². The average molecular weight is 430 g/mol. The molecule has 9 heteroatoms. The van der Waals surface area contributed by atoms with Gasteiger partial charge in [0.25, 0.3) is 0 Å². The minimum absolute atomic E-state index is 0.0519. The van der Waals surface area contributed by atoms with E-state index in [0.717, 1.165) is 12.8 Å². The lowest BCUT2D eigenvalue weighted by atomic mass is 9.89. The van der Waals surface area contributed by atoms with Crippen LogP contribution in [0.5, 0.6) is 0 Å². The summed E-state index contributed by atoms with van der Waals surface area (Å²) in [4.78, 5) is 19.3.